The number of halogens is 2. The summed E-state index contributed by atoms with van der Waals surface area (Å²) in [6, 6.07) is 16.2. The van der Waals surface area contributed by atoms with E-state index in [-0.39, 0.29) is 23.8 Å². The minimum Gasteiger partial charge on any atom is -0.325 e. The molecule has 0 aliphatic rings. The highest BCUT2D eigenvalue weighted by Gasteiger charge is 2.23. The van der Waals surface area contributed by atoms with E-state index in [0.29, 0.717) is 33.3 Å². The molecule has 0 aliphatic carbocycles. The molecule has 4 aromatic rings. The Morgan fingerprint density at radius 1 is 1.15 bits per heavy atom. The van der Waals surface area contributed by atoms with Crippen LogP contribution >= 0.6 is 23.4 Å². The van der Waals surface area contributed by atoms with Crippen molar-refractivity contribution in [1.29, 1.82) is 0 Å². The van der Waals surface area contributed by atoms with Crippen molar-refractivity contribution in [3.8, 4) is 0 Å². The number of carbonyl (C=O) groups excluding carboxylic acids is 1. The number of nitrogens with one attached hydrogen (secondary N) is 1. The summed E-state index contributed by atoms with van der Waals surface area (Å²) in [5, 5.41) is 3.54. The fraction of sp³-hybridized carbons (Fsp3) is 0.167. The largest absolute Gasteiger partial charge is 0.325 e. The van der Waals surface area contributed by atoms with E-state index < -0.39 is 5.25 Å². The molecule has 2 aromatic carbocycles. The molecule has 0 unspecified atom stereocenters. The average Bonchev–Trinajstić information content (AvgIpc) is 2.82. The molecular weight excluding hydrogens is 463 g/mol. The zero-order valence-electron chi connectivity index (χ0n) is 17.7. The second kappa shape index (κ2) is 10.1. The number of carbonyl (C=O) groups is 1. The topological polar surface area (TPSA) is 76.9 Å². The number of fused-ring (bicyclic) bond motifs is 1. The van der Waals surface area contributed by atoms with Crippen LogP contribution in [0.4, 0.5) is 10.1 Å². The van der Waals surface area contributed by atoms with E-state index in [1.807, 2.05) is 25.1 Å². The summed E-state index contributed by atoms with van der Waals surface area (Å²) in [5.74, 6) is -0.653. The van der Waals surface area contributed by atoms with Crippen LogP contribution in [0, 0.1) is 5.82 Å². The first-order valence-corrected chi connectivity index (χ1v) is 11.5. The van der Waals surface area contributed by atoms with Crippen molar-refractivity contribution < 1.29 is 9.18 Å². The fourth-order valence-electron chi connectivity index (χ4n) is 3.27. The molecule has 1 N–H and O–H groups in total. The van der Waals surface area contributed by atoms with Crippen molar-refractivity contribution in [3.05, 3.63) is 93.6 Å². The molecule has 2 aromatic heterocycles. The van der Waals surface area contributed by atoms with Crippen LogP contribution in [0.3, 0.4) is 0 Å². The Kier molecular flexibility index (Phi) is 7.05. The van der Waals surface area contributed by atoms with Gasteiger partial charge in [0.25, 0.3) is 5.56 Å². The predicted octanol–water partition coefficient (Wildman–Crippen LogP) is 5.14. The first kappa shape index (κ1) is 22.9. The zero-order chi connectivity index (χ0) is 23.4. The number of pyridine rings is 1. The third-order valence-electron chi connectivity index (χ3n) is 5.00. The van der Waals surface area contributed by atoms with Gasteiger partial charge in [0.1, 0.15) is 5.82 Å². The van der Waals surface area contributed by atoms with Crippen molar-refractivity contribution in [3.63, 3.8) is 0 Å². The molecule has 0 spiro atoms. The number of anilines is 1. The maximum Gasteiger partial charge on any atom is 0.263 e. The molecule has 0 saturated carbocycles. The molecule has 6 nitrogen and oxygen atoms in total. The normalized spacial score (nSPS) is 12.0. The molecule has 0 saturated heterocycles. The van der Waals surface area contributed by atoms with Gasteiger partial charge in [0.2, 0.25) is 5.91 Å². The van der Waals surface area contributed by atoms with Crippen LogP contribution in [0.25, 0.3) is 11.0 Å². The van der Waals surface area contributed by atoms with Crippen LogP contribution in [0.15, 0.2) is 76.8 Å². The molecule has 0 aliphatic heterocycles. The maximum absolute atomic E-state index is 13.3. The van der Waals surface area contributed by atoms with Crippen LogP contribution in [-0.2, 0) is 11.3 Å². The van der Waals surface area contributed by atoms with Gasteiger partial charge in [-0.25, -0.2) is 14.4 Å². The Hall–Kier alpha value is -3.23. The quantitative estimate of drug-likeness (QED) is 0.291. The Bertz CT molecular complexity index is 1360. The third-order valence-corrected chi connectivity index (χ3v) is 6.73. The van der Waals surface area contributed by atoms with Crippen LogP contribution in [0.5, 0.6) is 0 Å². The zero-order valence-corrected chi connectivity index (χ0v) is 19.2. The highest BCUT2D eigenvalue weighted by Crippen LogP contribution is 2.27. The summed E-state index contributed by atoms with van der Waals surface area (Å²) in [5.41, 5.74) is 1.30. The number of hydrogen-bond donors (Lipinski definition) is 1. The molecule has 0 bridgehead atoms. The van der Waals surface area contributed by atoms with E-state index in [1.54, 1.807) is 24.4 Å². The van der Waals surface area contributed by atoms with E-state index in [1.165, 1.54) is 40.6 Å². The van der Waals surface area contributed by atoms with Crippen molar-refractivity contribution in [1.82, 2.24) is 14.5 Å². The molecule has 168 valence electrons. The lowest BCUT2D eigenvalue weighted by atomic mass is 10.2. The first-order chi connectivity index (χ1) is 16.0. The van der Waals surface area contributed by atoms with Gasteiger partial charge in [-0.3, -0.25) is 14.2 Å². The first-order valence-electron chi connectivity index (χ1n) is 10.3. The number of rotatable bonds is 7. The van der Waals surface area contributed by atoms with Gasteiger partial charge in [0, 0.05) is 16.9 Å². The Labute approximate surface area is 198 Å². The molecular formula is C24H20ClFN4O2S. The van der Waals surface area contributed by atoms with Crippen molar-refractivity contribution in [2.24, 2.45) is 0 Å². The Balaban J connectivity index is 1.70. The number of thioether (sulfide) groups is 1. The molecule has 1 atom stereocenters. The second-order valence-corrected chi connectivity index (χ2v) is 8.84. The van der Waals surface area contributed by atoms with E-state index in [4.69, 9.17) is 11.6 Å². The summed E-state index contributed by atoms with van der Waals surface area (Å²) in [6.07, 6.45) is 2.06. The lowest BCUT2D eigenvalue weighted by molar-refractivity contribution is -0.115. The van der Waals surface area contributed by atoms with E-state index in [9.17, 15) is 14.0 Å². The minimum atomic E-state index is -0.541. The summed E-state index contributed by atoms with van der Waals surface area (Å²) in [4.78, 5) is 35.1. The maximum atomic E-state index is 13.3. The molecule has 9 heteroatoms. The third kappa shape index (κ3) is 5.23. The van der Waals surface area contributed by atoms with Gasteiger partial charge in [0.15, 0.2) is 10.8 Å². The number of benzene rings is 2. The lowest BCUT2D eigenvalue weighted by Gasteiger charge is -2.18. The van der Waals surface area contributed by atoms with Crippen LogP contribution < -0.4 is 10.9 Å². The lowest BCUT2D eigenvalue weighted by Crippen LogP contribution is -2.28. The Morgan fingerprint density at radius 2 is 1.91 bits per heavy atom. The SMILES string of the molecule is CC[C@@H](Sc1nc2ncccc2c(=O)n1Cc1ccccc1Cl)C(=O)Nc1ccc(F)cc1. The Morgan fingerprint density at radius 3 is 2.64 bits per heavy atom. The monoisotopic (exact) mass is 482 g/mol. The van der Waals surface area contributed by atoms with Gasteiger partial charge in [-0.15, -0.1) is 0 Å². The minimum absolute atomic E-state index is 0.203. The van der Waals surface area contributed by atoms with Crippen molar-refractivity contribution in [2.45, 2.75) is 30.3 Å². The van der Waals surface area contributed by atoms with Gasteiger partial charge in [0.05, 0.1) is 17.2 Å². The summed E-state index contributed by atoms with van der Waals surface area (Å²) < 4.78 is 14.7. The second-order valence-electron chi connectivity index (χ2n) is 7.26. The average molecular weight is 483 g/mol. The smallest absolute Gasteiger partial charge is 0.263 e. The standard InChI is InChI=1S/C24H20ClFN4O2S/c1-2-20(22(31)28-17-11-9-16(26)10-12-17)33-24-29-21-18(7-5-13-27-21)23(32)30(24)14-15-6-3-4-8-19(15)25/h3-13,20H,2,14H2,1H3,(H,28,31)/t20-/m1/s1. The molecule has 33 heavy (non-hydrogen) atoms. The molecule has 0 radical (unpaired) electrons. The molecule has 1 amide bonds. The summed E-state index contributed by atoms with van der Waals surface area (Å²) in [6.45, 7) is 2.08. The van der Waals surface area contributed by atoms with Crippen LogP contribution in [-0.4, -0.2) is 25.7 Å². The van der Waals surface area contributed by atoms with Crippen molar-refractivity contribution >= 4 is 46.0 Å². The van der Waals surface area contributed by atoms with Crippen molar-refractivity contribution in [2.75, 3.05) is 5.32 Å². The summed E-state index contributed by atoms with van der Waals surface area (Å²) >= 11 is 7.52. The van der Waals surface area contributed by atoms with Gasteiger partial charge >= 0.3 is 0 Å². The van der Waals surface area contributed by atoms with E-state index in [0.717, 1.165) is 5.56 Å². The van der Waals surface area contributed by atoms with E-state index in [2.05, 4.69) is 15.3 Å². The predicted molar refractivity (Wildman–Crippen MR) is 129 cm³/mol. The van der Waals surface area contributed by atoms with Crippen LogP contribution in [0.2, 0.25) is 5.02 Å². The number of nitrogens with zero attached hydrogens (tertiary/aromatic N) is 3. The van der Waals surface area contributed by atoms with E-state index >= 15 is 0 Å². The summed E-state index contributed by atoms with van der Waals surface area (Å²) in [7, 11) is 0. The number of aromatic nitrogens is 3. The van der Waals surface area contributed by atoms with Gasteiger partial charge in [-0.1, -0.05) is 48.5 Å². The van der Waals surface area contributed by atoms with Gasteiger partial charge < -0.3 is 5.32 Å². The highest BCUT2D eigenvalue weighted by atomic mass is 35.5. The fourth-order valence-corrected chi connectivity index (χ4v) is 4.46. The number of hydrogen-bond acceptors (Lipinski definition) is 5. The molecule has 4 rings (SSSR count). The molecule has 2 heterocycles. The van der Waals surface area contributed by atoms with Gasteiger partial charge in [-0.2, -0.15) is 0 Å². The van der Waals surface area contributed by atoms with Gasteiger partial charge in [-0.05, 0) is 54.4 Å². The highest BCUT2D eigenvalue weighted by molar-refractivity contribution is 8.00. The van der Waals surface area contributed by atoms with Crippen LogP contribution in [0.1, 0.15) is 18.9 Å². The molecule has 0 fully saturated rings. The number of amides is 1.